The number of nitrogens with zero attached hydrogens (tertiary/aromatic N) is 1. The smallest absolute Gasteiger partial charge is 0.269 e. The van der Waals surface area contributed by atoms with Gasteiger partial charge in [-0.15, -0.1) is 0 Å². The number of rotatable bonds is 8. The van der Waals surface area contributed by atoms with Crippen LogP contribution in [0, 0.1) is 0 Å². The molecule has 1 heterocycles. The lowest BCUT2D eigenvalue weighted by molar-refractivity contribution is 0.0948. The minimum Gasteiger partial charge on any atom is -0.495 e. The zero-order valence-electron chi connectivity index (χ0n) is 15.3. The predicted octanol–water partition coefficient (Wildman–Crippen LogP) is 4.20. The number of ether oxygens (including phenoxy) is 1. The van der Waals surface area contributed by atoms with Crippen LogP contribution in [0.5, 0.6) is 5.75 Å². The van der Waals surface area contributed by atoms with Gasteiger partial charge < -0.3 is 15.4 Å². The van der Waals surface area contributed by atoms with Gasteiger partial charge in [0, 0.05) is 6.54 Å². The number of amides is 1. The predicted molar refractivity (Wildman–Crippen MR) is 108 cm³/mol. The van der Waals surface area contributed by atoms with Crippen LogP contribution < -0.4 is 15.4 Å². The first-order valence-corrected chi connectivity index (χ1v) is 8.94. The molecule has 0 radical (unpaired) electrons. The van der Waals surface area contributed by atoms with E-state index in [0.717, 1.165) is 30.0 Å². The molecule has 1 amide bonds. The molecule has 3 rings (SSSR count). The van der Waals surface area contributed by atoms with E-state index < -0.39 is 0 Å². The summed E-state index contributed by atoms with van der Waals surface area (Å²) in [4.78, 5) is 16.5. The summed E-state index contributed by atoms with van der Waals surface area (Å²) in [7, 11) is 1.63. The normalized spacial score (nSPS) is 10.3. The summed E-state index contributed by atoms with van der Waals surface area (Å²) in [6, 6.07) is 21.4. The number of carbonyl (C=O) groups is 1. The molecule has 5 heteroatoms. The van der Waals surface area contributed by atoms with Gasteiger partial charge in [0.05, 0.1) is 24.7 Å². The molecule has 2 aromatic carbocycles. The molecule has 2 N–H and O–H groups in total. The largest absolute Gasteiger partial charge is 0.495 e. The van der Waals surface area contributed by atoms with Gasteiger partial charge in [-0.05, 0) is 42.7 Å². The molecular formula is C22H23N3O2. The number of methoxy groups -OCH3 is 1. The van der Waals surface area contributed by atoms with Gasteiger partial charge in [0.1, 0.15) is 11.4 Å². The summed E-state index contributed by atoms with van der Waals surface area (Å²) in [5.74, 6) is 0.588. The van der Waals surface area contributed by atoms with Crippen molar-refractivity contribution in [3.63, 3.8) is 0 Å². The molecule has 0 fully saturated rings. The fourth-order valence-electron chi connectivity index (χ4n) is 2.74. The monoisotopic (exact) mass is 361 g/mol. The van der Waals surface area contributed by atoms with Crippen molar-refractivity contribution < 1.29 is 9.53 Å². The van der Waals surface area contributed by atoms with Crippen molar-refractivity contribution >= 4 is 17.3 Å². The number of aryl methyl sites for hydroxylation is 1. The number of anilines is 2. The Hall–Kier alpha value is -3.34. The fourth-order valence-corrected chi connectivity index (χ4v) is 2.74. The lowest BCUT2D eigenvalue weighted by Crippen LogP contribution is -2.25. The molecule has 0 aliphatic heterocycles. The van der Waals surface area contributed by atoms with Crippen LogP contribution in [-0.2, 0) is 6.42 Å². The van der Waals surface area contributed by atoms with E-state index in [-0.39, 0.29) is 5.91 Å². The van der Waals surface area contributed by atoms with Gasteiger partial charge in [0.2, 0.25) is 0 Å². The zero-order chi connectivity index (χ0) is 18.9. The topological polar surface area (TPSA) is 63.2 Å². The highest BCUT2D eigenvalue weighted by Crippen LogP contribution is 2.26. The summed E-state index contributed by atoms with van der Waals surface area (Å²) < 4.78 is 5.32. The van der Waals surface area contributed by atoms with E-state index in [0.29, 0.717) is 12.2 Å². The van der Waals surface area contributed by atoms with Crippen molar-refractivity contribution in [3.05, 3.63) is 84.2 Å². The summed E-state index contributed by atoms with van der Waals surface area (Å²) >= 11 is 0. The van der Waals surface area contributed by atoms with Gasteiger partial charge in [-0.3, -0.25) is 4.79 Å². The molecule has 0 spiro atoms. The van der Waals surface area contributed by atoms with E-state index >= 15 is 0 Å². The number of hydrogen-bond acceptors (Lipinski definition) is 4. The Labute approximate surface area is 159 Å². The Morgan fingerprint density at radius 1 is 1.00 bits per heavy atom. The molecule has 0 saturated heterocycles. The molecule has 138 valence electrons. The molecule has 3 aromatic rings. The van der Waals surface area contributed by atoms with E-state index in [1.807, 2.05) is 48.5 Å². The van der Waals surface area contributed by atoms with Gasteiger partial charge >= 0.3 is 0 Å². The van der Waals surface area contributed by atoms with Crippen LogP contribution in [0.1, 0.15) is 22.5 Å². The first-order chi connectivity index (χ1) is 13.3. The lowest BCUT2D eigenvalue weighted by Gasteiger charge is -2.11. The van der Waals surface area contributed by atoms with Crippen LogP contribution in [0.4, 0.5) is 11.4 Å². The first kappa shape index (κ1) is 18.5. The highest BCUT2D eigenvalue weighted by molar-refractivity contribution is 5.92. The van der Waals surface area contributed by atoms with E-state index in [9.17, 15) is 4.79 Å². The van der Waals surface area contributed by atoms with Gasteiger partial charge in [-0.1, -0.05) is 42.5 Å². The van der Waals surface area contributed by atoms with Crippen molar-refractivity contribution in [2.24, 2.45) is 0 Å². The van der Waals surface area contributed by atoms with E-state index in [1.54, 1.807) is 19.4 Å². The fraction of sp³-hybridized carbons (Fsp3) is 0.182. The molecule has 0 bridgehead atoms. The molecule has 5 nitrogen and oxygen atoms in total. The minimum absolute atomic E-state index is 0.160. The second kappa shape index (κ2) is 9.38. The van der Waals surface area contributed by atoms with Gasteiger partial charge in [0.25, 0.3) is 5.91 Å². The Morgan fingerprint density at radius 3 is 2.52 bits per heavy atom. The van der Waals surface area contributed by atoms with Crippen LogP contribution in [0.15, 0.2) is 72.9 Å². The minimum atomic E-state index is -0.160. The summed E-state index contributed by atoms with van der Waals surface area (Å²) in [6.45, 7) is 0.622. The van der Waals surface area contributed by atoms with Crippen molar-refractivity contribution in [1.82, 2.24) is 10.3 Å². The average molecular weight is 361 g/mol. The van der Waals surface area contributed by atoms with Crippen molar-refractivity contribution in [2.75, 3.05) is 19.0 Å². The summed E-state index contributed by atoms with van der Waals surface area (Å²) in [6.07, 6.45) is 3.48. The Bertz CT molecular complexity index is 864. The van der Waals surface area contributed by atoms with Gasteiger partial charge in [-0.25, -0.2) is 4.98 Å². The number of hydrogen-bond donors (Lipinski definition) is 2. The third kappa shape index (κ3) is 5.31. The lowest BCUT2D eigenvalue weighted by atomic mass is 10.1. The number of benzene rings is 2. The van der Waals surface area contributed by atoms with Crippen molar-refractivity contribution in [2.45, 2.75) is 12.8 Å². The van der Waals surface area contributed by atoms with Crippen molar-refractivity contribution in [1.29, 1.82) is 0 Å². The van der Waals surface area contributed by atoms with Gasteiger partial charge in [-0.2, -0.15) is 0 Å². The molecule has 0 aliphatic rings. The third-order valence-corrected chi connectivity index (χ3v) is 4.15. The van der Waals surface area contributed by atoms with E-state index in [4.69, 9.17) is 4.74 Å². The molecule has 1 aromatic heterocycles. The van der Waals surface area contributed by atoms with E-state index in [1.165, 1.54) is 5.56 Å². The van der Waals surface area contributed by atoms with Crippen LogP contribution in [0.25, 0.3) is 0 Å². The van der Waals surface area contributed by atoms with Crippen LogP contribution in [0.3, 0.4) is 0 Å². The SMILES string of the molecule is COc1ccccc1Nc1ccc(C(=O)NCCCc2ccccc2)nc1. The standard InChI is InChI=1S/C22H23N3O2/c1-27-21-12-6-5-11-19(21)25-18-13-14-20(24-16-18)22(26)23-15-7-10-17-8-3-2-4-9-17/h2-6,8-9,11-14,16,25H,7,10,15H2,1H3,(H,23,26). The maximum atomic E-state index is 12.2. The van der Waals surface area contributed by atoms with Crippen LogP contribution >= 0.6 is 0 Å². The van der Waals surface area contributed by atoms with E-state index in [2.05, 4.69) is 27.8 Å². The van der Waals surface area contributed by atoms with Crippen molar-refractivity contribution in [3.8, 4) is 5.75 Å². The average Bonchev–Trinajstić information content (AvgIpc) is 2.73. The highest BCUT2D eigenvalue weighted by Gasteiger charge is 2.07. The Kier molecular flexibility index (Phi) is 6.41. The highest BCUT2D eigenvalue weighted by atomic mass is 16.5. The Morgan fingerprint density at radius 2 is 1.78 bits per heavy atom. The quantitative estimate of drug-likeness (QED) is 0.590. The third-order valence-electron chi connectivity index (χ3n) is 4.15. The molecule has 0 unspecified atom stereocenters. The molecule has 27 heavy (non-hydrogen) atoms. The zero-order valence-corrected chi connectivity index (χ0v) is 15.3. The Balaban J connectivity index is 1.50. The number of carbonyl (C=O) groups excluding carboxylic acids is 1. The summed E-state index contributed by atoms with van der Waals surface area (Å²) in [5, 5.41) is 6.16. The van der Waals surface area contributed by atoms with Gasteiger partial charge in [0.15, 0.2) is 0 Å². The molecular weight excluding hydrogens is 338 g/mol. The second-order valence-electron chi connectivity index (χ2n) is 6.10. The molecule has 0 aliphatic carbocycles. The van der Waals surface area contributed by atoms with Crippen LogP contribution in [0.2, 0.25) is 0 Å². The molecule has 0 saturated carbocycles. The maximum Gasteiger partial charge on any atom is 0.269 e. The summed E-state index contributed by atoms with van der Waals surface area (Å²) in [5.41, 5.74) is 3.32. The number of pyridine rings is 1. The van der Waals surface area contributed by atoms with Crippen LogP contribution in [-0.4, -0.2) is 24.5 Å². The first-order valence-electron chi connectivity index (χ1n) is 8.94. The number of nitrogens with one attached hydrogen (secondary N) is 2. The second-order valence-corrected chi connectivity index (χ2v) is 6.10. The molecule has 0 atom stereocenters. The number of para-hydroxylation sites is 2. The maximum absolute atomic E-state index is 12.2. The number of aromatic nitrogens is 1.